The Bertz CT molecular complexity index is 183. The Labute approximate surface area is 75.9 Å². The Balaban J connectivity index is 2.64. The molecule has 1 saturated heterocycles. The lowest BCUT2D eigenvalue weighted by Crippen LogP contribution is -2.56. The first-order valence-corrected chi connectivity index (χ1v) is 4.21. The van der Waals surface area contributed by atoms with Crippen LogP contribution in [0.1, 0.15) is 13.3 Å². The Morgan fingerprint density at radius 3 is 2.38 bits per heavy atom. The van der Waals surface area contributed by atoms with Gasteiger partial charge in [-0.25, -0.2) is 0 Å². The highest BCUT2D eigenvalue weighted by molar-refractivity contribution is 5.50. The molecule has 1 rings (SSSR count). The predicted molar refractivity (Wildman–Crippen MR) is 43.0 cm³/mol. The fraction of sp³-hybridized carbons (Fsp3) is 0.875. The third-order valence-electron chi connectivity index (χ3n) is 2.28. The second-order valence-electron chi connectivity index (χ2n) is 3.25. The van der Waals surface area contributed by atoms with E-state index >= 15 is 0 Å². The largest absolute Gasteiger partial charge is 0.388 e. The highest BCUT2D eigenvalue weighted by atomic mass is 16.5. The van der Waals surface area contributed by atoms with Crippen LogP contribution in [0.2, 0.25) is 0 Å². The topological polar surface area (TPSA) is 87.0 Å². The number of aldehydes is 1. The van der Waals surface area contributed by atoms with Crippen molar-refractivity contribution in [1.82, 2.24) is 0 Å². The molecule has 0 bridgehead atoms. The van der Waals surface area contributed by atoms with Crippen LogP contribution >= 0.6 is 0 Å². The lowest BCUT2D eigenvalue weighted by molar-refractivity contribution is -0.216. The van der Waals surface area contributed by atoms with Crippen LogP contribution in [-0.2, 0) is 9.53 Å². The lowest BCUT2D eigenvalue weighted by atomic mass is 9.94. The molecule has 13 heavy (non-hydrogen) atoms. The van der Waals surface area contributed by atoms with Gasteiger partial charge in [-0.2, -0.15) is 0 Å². The van der Waals surface area contributed by atoms with Gasteiger partial charge in [0, 0.05) is 6.42 Å². The van der Waals surface area contributed by atoms with Crippen LogP contribution in [-0.4, -0.2) is 52.1 Å². The van der Waals surface area contributed by atoms with E-state index in [1.54, 1.807) is 6.92 Å². The molecule has 5 atom stereocenters. The van der Waals surface area contributed by atoms with Crippen LogP contribution in [0, 0.1) is 0 Å². The quantitative estimate of drug-likeness (QED) is 0.459. The average Bonchev–Trinajstić information content (AvgIpc) is 2.11. The molecule has 5 nitrogen and oxygen atoms in total. The molecule has 0 spiro atoms. The van der Waals surface area contributed by atoms with Gasteiger partial charge in [0.1, 0.15) is 24.6 Å². The van der Waals surface area contributed by atoms with Crippen molar-refractivity contribution >= 4 is 6.29 Å². The summed E-state index contributed by atoms with van der Waals surface area (Å²) in [6.07, 6.45) is -4.18. The zero-order chi connectivity index (χ0) is 10.0. The van der Waals surface area contributed by atoms with Gasteiger partial charge in [-0.3, -0.25) is 0 Å². The number of carbonyl (C=O) groups is 1. The zero-order valence-electron chi connectivity index (χ0n) is 7.33. The summed E-state index contributed by atoms with van der Waals surface area (Å²) in [6, 6.07) is 0. The Morgan fingerprint density at radius 1 is 1.23 bits per heavy atom. The first-order valence-electron chi connectivity index (χ1n) is 4.21. The van der Waals surface area contributed by atoms with Crippen molar-refractivity contribution in [3.8, 4) is 0 Å². The summed E-state index contributed by atoms with van der Waals surface area (Å²) in [5.74, 6) is 0. The molecule has 0 amide bonds. The molecular weight excluding hydrogens is 176 g/mol. The highest BCUT2D eigenvalue weighted by Gasteiger charge is 2.41. The number of aliphatic hydroxyl groups is 3. The van der Waals surface area contributed by atoms with Crippen LogP contribution < -0.4 is 0 Å². The maximum absolute atomic E-state index is 10.2. The SMILES string of the molecule is C[C@@H]1O[C@@H](CC=O)[C@@H](O)[C@H](O)[C@@H]1O. The van der Waals surface area contributed by atoms with Crippen molar-refractivity contribution in [2.24, 2.45) is 0 Å². The lowest BCUT2D eigenvalue weighted by Gasteiger charge is -2.38. The Kier molecular flexibility index (Phi) is 3.38. The summed E-state index contributed by atoms with van der Waals surface area (Å²) in [7, 11) is 0. The second-order valence-corrected chi connectivity index (χ2v) is 3.25. The summed E-state index contributed by atoms with van der Waals surface area (Å²) in [6.45, 7) is 1.58. The molecule has 1 aliphatic rings. The van der Waals surface area contributed by atoms with Crippen LogP contribution in [0.5, 0.6) is 0 Å². The number of aliphatic hydroxyl groups excluding tert-OH is 3. The molecule has 1 heterocycles. The van der Waals surface area contributed by atoms with E-state index in [-0.39, 0.29) is 6.42 Å². The molecule has 0 aromatic rings. The zero-order valence-corrected chi connectivity index (χ0v) is 7.33. The van der Waals surface area contributed by atoms with Gasteiger partial charge in [-0.05, 0) is 6.92 Å². The van der Waals surface area contributed by atoms with Gasteiger partial charge in [-0.15, -0.1) is 0 Å². The van der Waals surface area contributed by atoms with E-state index in [0.29, 0.717) is 6.29 Å². The maximum Gasteiger partial charge on any atom is 0.122 e. The monoisotopic (exact) mass is 190 g/mol. The van der Waals surface area contributed by atoms with Crippen LogP contribution in [0.4, 0.5) is 0 Å². The number of ether oxygens (including phenoxy) is 1. The van der Waals surface area contributed by atoms with E-state index in [0.717, 1.165) is 0 Å². The normalized spacial score (nSPS) is 46.0. The van der Waals surface area contributed by atoms with Gasteiger partial charge in [0.25, 0.3) is 0 Å². The number of hydrogen-bond acceptors (Lipinski definition) is 5. The first kappa shape index (κ1) is 10.6. The highest BCUT2D eigenvalue weighted by Crippen LogP contribution is 2.22. The molecule has 0 aromatic heterocycles. The van der Waals surface area contributed by atoms with Crippen molar-refractivity contribution in [2.75, 3.05) is 0 Å². The molecule has 76 valence electrons. The van der Waals surface area contributed by atoms with E-state index in [9.17, 15) is 20.1 Å². The minimum absolute atomic E-state index is 0.0231. The Morgan fingerprint density at radius 2 is 1.85 bits per heavy atom. The van der Waals surface area contributed by atoms with Gasteiger partial charge in [0.05, 0.1) is 12.2 Å². The molecule has 5 heteroatoms. The third kappa shape index (κ3) is 2.05. The molecule has 1 aliphatic heterocycles. The van der Waals surface area contributed by atoms with Crippen molar-refractivity contribution in [2.45, 2.75) is 43.9 Å². The van der Waals surface area contributed by atoms with Gasteiger partial charge in [-0.1, -0.05) is 0 Å². The van der Waals surface area contributed by atoms with Crippen molar-refractivity contribution in [3.63, 3.8) is 0 Å². The molecule has 0 aromatic carbocycles. The van der Waals surface area contributed by atoms with E-state index in [2.05, 4.69) is 0 Å². The van der Waals surface area contributed by atoms with E-state index < -0.39 is 30.5 Å². The van der Waals surface area contributed by atoms with Crippen LogP contribution in [0.25, 0.3) is 0 Å². The standard InChI is InChI=1S/C8H14O5/c1-4-6(10)8(12)7(11)5(13-4)2-3-9/h3-8,10-12H,2H2,1H3/t4-,5-,6+,7+,8+/m0/s1. The molecule has 0 saturated carbocycles. The van der Waals surface area contributed by atoms with E-state index in [4.69, 9.17) is 4.74 Å². The number of carbonyl (C=O) groups excluding carboxylic acids is 1. The fourth-order valence-corrected chi connectivity index (χ4v) is 1.43. The number of rotatable bonds is 2. The van der Waals surface area contributed by atoms with Crippen LogP contribution in [0.15, 0.2) is 0 Å². The van der Waals surface area contributed by atoms with Gasteiger partial charge in [0.2, 0.25) is 0 Å². The predicted octanol–water partition coefficient (Wildman–Crippen LogP) is -1.55. The van der Waals surface area contributed by atoms with Gasteiger partial charge in [0.15, 0.2) is 0 Å². The smallest absolute Gasteiger partial charge is 0.122 e. The van der Waals surface area contributed by atoms with Gasteiger partial charge >= 0.3 is 0 Å². The summed E-state index contributed by atoms with van der Waals surface area (Å²) in [5, 5.41) is 28.0. The summed E-state index contributed by atoms with van der Waals surface area (Å²) in [5.41, 5.74) is 0. The summed E-state index contributed by atoms with van der Waals surface area (Å²) < 4.78 is 5.13. The molecular formula is C8H14O5. The molecule has 1 fully saturated rings. The summed E-state index contributed by atoms with van der Waals surface area (Å²) in [4.78, 5) is 10.2. The fourth-order valence-electron chi connectivity index (χ4n) is 1.43. The van der Waals surface area contributed by atoms with Gasteiger partial charge < -0.3 is 24.9 Å². The minimum atomic E-state index is -1.24. The van der Waals surface area contributed by atoms with E-state index in [1.165, 1.54) is 0 Å². The van der Waals surface area contributed by atoms with Crippen LogP contribution in [0.3, 0.4) is 0 Å². The molecule has 0 aliphatic carbocycles. The third-order valence-corrected chi connectivity index (χ3v) is 2.28. The minimum Gasteiger partial charge on any atom is -0.388 e. The molecule has 3 N–H and O–H groups in total. The molecule has 0 radical (unpaired) electrons. The van der Waals surface area contributed by atoms with E-state index in [1.807, 2.05) is 0 Å². The van der Waals surface area contributed by atoms with Crippen molar-refractivity contribution in [1.29, 1.82) is 0 Å². The van der Waals surface area contributed by atoms with Crippen molar-refractivity contribution < 1.29 is 24.9 Å². The maximum atomic E-state index is 10.2. The molecule has 0 unspecified atom stereocenters. The number of hydrogen-bond donors (Lipinski definition) is 3. The second kappa shape index (κ2) is 4.15. The average molecular weight is 190 g/mol. The summed E-state index contributed by atoms with van der Waals surface area (Å²) >= 11 is 0. The van der Waals surface area contributed by atoms with Crippen molar-refractivity contribution in [3.05, 3.63) is 0 Å². The Hall–Kier alpha value is -0.490. The first-order chi connectivity index (χ1) is 6.07.